The van der Waals surface area contributed by atoms with E-state index in [2.05, 4.69) is 25.2 Å². The van der Waals surface area contributed by atoms with E-state index in [0.717, 1.165) is 24.1 Å². The molecule has 17 heavy (non-hydrogen) atoms. The molecule has 2 N–H and O–H groups in total. The SMILES string of the molecule is Cc1cc(C)c(CC2CCCCN2)c(O)c1C. The van der Waals surface area contributed by atoms with Crippen LogP contribution < -0.4 is 5.32 Å². The number of phenols is 1. The molecule has 1 saturated heterocycles. The van der Waals surface area contributed by atoms with Crippen LogP contribution in [0.3, 0.4) is 0 Å². The Morgan fingerprint density at radius 2 is 2.00 bits per heavy atom. The Balaban J connectivity index is 2.22. The van der Waals surface area contributed by atoms with Crippen LogP contribution in [0.5, 0.6) is 5.75 Å². The Morgan fingerprint density at radius 1 is 1.24 bits per heavy atom. The van der Waals surface area contributed by atoms with Gasteiger partial charge in [-0.05, 0) is 68.8 Å². The van der Waals surface area contributed by atoms with E-state index in [-0.39, 0.29) is 0 Å². The van der Waals surface area contributed by atoms with E-state index < -0.39 is 0 Å². The van der Waals surface area contributed by atoms with E-state index in [1.807, 2.05) is 6.92 Å². The molecule has 2 rings (SSSR count). The molecule has 0 aliphatic carbocycles. The number of nitrogens with one attached hydrogen (secondary N) is 1. The second-order valence-corrected chi connectivity index (χ2v) is 5.31. The first kappa shape index (κ1) is 12.4. The minimum atomic E-state index is 0.509. The van der Waals surface area contributed by atoms with E-state index >= 15 is 0 Å². The van der Waals surface area contributed by atoms with Crippen LogP contribution in [0.25, 0.3) is 0 Å². The normalized spacial score (nSPS) is 20.5. The van der Waals surface area contributed by atoms with Gasteiger partial charge in [0.05, 0.1) is 0 Å². The van der Waals surface area contributed by atoms with Gasteiger partial charge in [0, 0.05) is 6.04 Å². The number of piperidine rings is 1. The fourth-order valence-corrected chi connectivity index (χ4v) is 2.72. The van der Waals surface area contributed by atoms with Gasteiger partial charge >= 0.3 is 0 Å². The lowest BCUT2D eigenvalue weighted by atomic mass is 9.91. The van der Waals surface area contributed by atoms with Crippen LogP contribution in [0.2, 0.25) is 0 Å². The van der Waals surface area contributed by atoms with E-state index in [1.165, 1.54) is 30.4 Å². The Bertz CT molecular complexity index is 406. The average molecular weight is 233 g/mol. The molecule has 0 bridgehead atoms. The summed E-state index contributed by atoms with van der Waals surface area (Å²) in [6.07, 6.45) is 4.78. The predicted molar refractivity (Wildman–Crippen MR) is 71.7 cm³/mol. The summed E-state index contributed by atoms with van der Waals surface area (Å²) < 4.78 is 0. The van der Waals surface area contributed by atoms with Crippen molar-refractivity contribution < 1.29 is 5.11 Å². The van der Waals surface area contributed by atoms with Crippen LogP contribution in [0.4, 0.5) is 0 Å². The molecule has 2 nitrogen and oxygen atoms in total. The number of hydrogen-bond acceptors (Lipinski definition) is 2. The van der Waals surface area contributed by atoms with Gasteiger partial charge in [0.25, 0.3) is 0 Å². The van der Waals surface area contributed by atoms with Gasteiger partial charge in [0.15, 0.2) is 0 Å². The maximum absolute atomic E-state index is 10.3. The minimum absolute atomic E-state index is 0.509. The van der Waals surface area contributed by atoms with Crippen molar-refractivity contribution in [2.45, 2.75) is 52.5 Å². The molecule has 1 fully saturated rings. The largest absolute Gasteiger partial charge is 0.507 e. The van der Waals surface area contributed by atoms with Gasteiger partial charge in [-0.25, -0.2) is 0 Å². The van der Waals surface area contributed by atoms with Crippen molar-refractivity contribution in [1.82, 2.24) is 5.32 Å². The summed E-state index contributed by atoms with van der Waals surface area (Å²) in [6, 6.07) is 2.73. The third-order valence-corrected chi connectivity index (χ3v) is 4.00. The summed E-state index contributed by atoms with van der Waals surface area (Å²) in [5.41, 5.74) is 4.56. The Hall–Kier alpha value is -1.02. The van der Waals surface area contributed by atoms with Crippen molar-refractivity contribution in [2.24, 2.45) is 0 Å². The average Bonchev–Trinajstić information content (AvgIpc) is 2.33. The van der Waals surface area contributed by atoms with Crippen LogP contribution in [-0.2, 0) is 6.42 Å². The number of aryl methyl sites for hydroxylation is 2. The Labute approximate surface area is 104 Å². The minimum Gasteiger partial charge on any atom is -0.507 e. The van der Waals surface area contributed by atoms with E-state index in [0.29, 0.717) is 11.8 Å². The molecule has 2 heteroatoms. The number of aromatic hydroxyl groups is 1. The van der Waals surface area contributed by atoms with E-state index in [1.54, 1.807) is 0 Å². The molecule has 0 spiro atoms. The third kappa shape index (κ3) is 2.63. The van der Waals surface area contributed by atoms with Gasteiger partial charge in [0.1, 0.15) is 5.75 Å². The molecule has 1 aliphatic heterocycles. The molecule has 0 radical (unpaired) electrons. The zero-order valence-electron chi connectivity index (χ0n) is 11.1. The fourth-order valence-electron chi connectivity index (χ4n) is 2.72. The van der Waals surface area contributed by atoms with Gasteiger partial charge in [-0.1, -0.05) is 12.5 Å². The van der Waals surface area contributed by atoms with Crippen molar-refractivity contribution in [3.8, 4) is 5.75 Å². The van der Waals surface area contributed by atoms with Gasteiger partial charge in [-0.3, -0.25) is 0 Å². The maximum Gasteiger partial charge on any atom is 0.122 e. The second-order valence-electron chi connectivity index (χ2n) is 5.31. The molecule has 0 amide bonds. The van der Waals surface area contributed by atoms with Crippen molar-refractivity contribution in [1.29, 1.82) is 0 Å². The zero-order chi connectivity index (χ0) is 12.4. The van der Waals surface area contributed by atoms with Crippen molar-refractivity contribution in [2.75, 3.05) is 6.54 Å². The lowest BCUT2D eigenvalue weighted by Gasteiger charge is -2.25. The smallest absolute Gasteiger partial charge is 0.122 e. The molecule has 94 valence electrons. The summed E-state index contributed by atoms with van der Waals surface area (Å²) in [7, 11) is 0. The second kappa shape index (κ2) is 5.09. The van der Waals surface area contributed by atoms with Crippen LogP contribution >= 0.6 is 0 Å². The van der Waals surface area contributed by atoms with Crippen LogP contribution in [-0.4, -0.2) is 17.7 Å². The highest BCUT2D eigenvalue weighted by molar-refractivity contribution is 5.49. The standard InChI is InChI=1S/C15H23NO/c1-10-8-11(2)14(15(17)12(10)3)9-13-6-4-5-7-16-13/h8,13,16-17H,4-7,9H2,1-3H3. The molecular weight excluding hydrogens is 210 g/mol. The molecule has 1 aliphatic rings. The van der Waals surface area contributed by atoms with Gasteiger partial charge in [-0.15, -0.1) is 0 Å². The summed E-state index contributed by atoms with van der Waals surface area (Å²) >= 11 is 0. The summed E-state index contributed by atoms with van der Waals surface area (Å²) in [5, 5.41) is 13.8. The fraction of sp³-hybridized carbons (Fsp3) is 0.600. The van der Waals surface area contributed by atoms with Gasteiger partial charge in [-0.2, -0.15) is 0 Å². The first-order valence-electron chi connectivity index (χ1n) is 6.61. The molecular formula is C15H23NO. The van der Waals surface area contributed by atoms with Gasteiger partial charge < -0.3 is 10.4 Å². The predicted octanol–water partition coefficient (Wildman–Crippen LogP) is 3.00. The molecule has 1 heterocycles. The molecule has 0 saturated carbocycles. The molecule has 1 unspecified atom stereocenters. The molecule has 0 aromatic heterocycles. The van der Waals surface area contributed by atoms with Crippen molar-refractivity contribution >= 4 is 0 Å². The quantitative estimate of drug-likeness (QED) is 0.823. The zero-order valence-corrected chi connectivity index (χ0v) is 11.1. The van der Waals surface area contributed by atoms with E-state index in [4.69, 9.17) is 0 Å². The van der Waals surface area contributed by atoms with Crippen LogP contribution in [0, 0.1) is 20.8 Å². The highest BCUT2D eigenvalue weighted by Crippen LogP contribution is 2.30. The lowest BCUT2D eigenvalue weighted by molar-refractivity contribution is 0.390. The van der Waals surface area contributed by atoms with Gasteiger partial charge in [0.2, 0.25) is 0 Å². The lowest BCUT2D eigenvalue weighted by Crippen LogP contribution is -2.35. The topological polar surface area (TPSA) is 32.3 Å². The van der Waals surface area contributed by atoms with Crippen LogP contribution in [0.15, 0.2) is 6.07 Å². The maximum atomic E-state index is 10.3. The summed E-state index contributed by atoms with van der Waals surface area (Å²) in [4.78, 5) is 0. The summed E-state index contributed by atoms with van der Waals surface area (Å²) in [6.45, 7) is 7.28. The Morgan fingerprint density at radius 3 is 2.65 bits per heavy atom. The number of benzene rings is 1. The van der Waals surface area contributed by atoms with Crippen molar-refractivity contribution in [3.05, 3.63) is 28.3 Å². The highest BCUT2D eigenvalue weighted by atomic mass is 16.3. The number of phenolic OH excluding ortho intramolecular Hbond substituents is 1. The Kier molecular flexibility index (Phi) is 3.72. The highest BCUT2D eigenvalue weighted by Gasteiger charge is 2.17. The molecule has 1 aromatic carbocycles. The first-order valence-corrected chi connectivity index (χ1v) is 6.61. The van der Waals surface area contributed by atoms with Crippen LogP contribution in [0.1, 0.15) is 41.5 Å². The third-order valence-electron chi connectivity index (χ3n) is 4.00. The monoisotopic (exact) mass is 233 g/mol. The number of hydrogen-bond donors (Lipinski definition) is 2. The van der Waals surface area contributed by atoms with Crippen molar-refractivity contribution in [3.63, 3.8) is 0 Å². The van der Waals surface area contributed by atoms with E-state index in [9.17, 15) is 5.11 Å². The number of rotatable bonds is 2. The first-order chi connectivity index (χ1) is 8.09. The molecule has 1 aromatic rings. The summed E-state index contributed by atoms with van der Waals surface area (Å²) in [5.74, 6) is 0.509. The molecule has 1 atom stereocenters.